The first kappa shape index (κ1) is 13.2. The normalized spacial score (nSPS) is 38.1. The lowest BCUT2D eigenvalue weighted by Crippen LogP contribution is -2.49. The van der Waals surface area contributed by atoms with Gasteiger partial charge >= 0.3 is 0 Å². The summed E-state index contributed by atoms with van der Waals surface area (Å²) in [4.78, 5) is 12.6. The van der Waals surface area contributed by atoms with E-state index in [9.17, 15) is 4.79 Å². The number of benzene rings is 1. The number of thioether (sulfide) groups is 1. The third kappa shape index (κ3) is 2.31. The van der Waals surface area contributed by atoms with Crippen molar-refractivity contribution in [1.82, 2.24) is 0 Å². The number of carbonyl (C=O) groups excluding carboxylic acids is 1. The highest BCUT2D eigenvalue weighted by molar-refractivity contribution is 8.15. The van der Waals surface area contributed by atoms with Crippen molar-refractivity contribution in [3.8, 4) is 0 Å². The number of carbonyl (C=O) groups is 1. The molecular formula is C17H19ClOS. The maximum atomic E-state index is 12.6. The highest BCUT2D eigenvalue weighted by Gasteiger charge is 2.52. The van der Waals surface area contributed by atoms with E-state index in [2.05, 4.69) is 0 Å². The van der Waals surface area contributed by atoms with Crippen LogP contribution < -0.4 is 0 Å². The van der Waals surface area contributed by atoms with Crippen molar-refractivity contribution in [2.24, 2.45) is 17.8 Å². The van der Waals surface area contributed by atoms with E-state index in [0.717, 1.165) is 23.3 Å². The van der Waals surface area contributed by atoms with Crippen LogP contribution in [0.1, 0.15) is 48.9 Å². The minimum Gasteiger partial charge on any atom is -0.282 e. The maximum Gasteiger partial charge on any atom is 0.219 e. The molecule has 0 heterocycles. The molecule has 0 N–H and O–H groups in total. The standard InChI is InChI=1S/C17H19ClOS/c18-15-3-1-14(2-4-15)16(19)20-17-8-11-5-12(9-17)7-13(6-11)10-17/h1-4,11-13H,5-10H2. The summed E-state index contributed by atoms with van der Waals surface area (Å²) in [7, 11) is 0. The minimum atomic E-state index is 0.239. The van der Waals surface area contributed by atoms with Crippen LogP contribution in [-0.2, 0) is 0 Å². The van der Waals surface area contributed by atoms with Crippen LogP contribution in [0.2, 0.25) is 5.02 Å². The summed E-state index contributed by atoms with van der Waals surface area (Å²) in [6.45, 7) is 0. The van der Waals surface area contributed by atoms with Crippen molar-refractivity contribution in [3.63, 3.8) is 0 Å². The van der Waals surface area contributed by atoms with Gasteiger partial charge in [0.15, 0.2) is 0 Å². The molecule has 5 rings (SSSR count). The second-order valence-corrected chi connectivity index (χ2v) is 8.87. The third-order valence-corrected chi connectivity index (χ3v) is 6.98. The van der Waals surface area contributed by atoms with E-state index in [1.165, 1.54) is 38.5 Å². The molecule has 4 bridgehead atoms. The Morgan fingerprint density at radius 1 is 1.00 bits per heavy atom. The summed E-state index contributed by atoms with van der Waals surface area (Å²) in [5.41, 5.74) is 0.801. The Hall–Kier alpha value is -0.470. The fraction of sp³-hybridized carbons (Fsp3) is 0.588. The zero-order chi connectivity index (χ0) is 13.7. The number of rotatable bonds is 2. The molecule has 106 valence electrons. The Labute approximate surface area is 129 Å². The molecule has 4 aliphatic rings. The van der Waals surface area contributed by atoms with Gasteiger partial charge in [-0.2, -0.15) is 0 Å². The summed E-state index contributed by atoms with van der Waals surface area (Å²) < 4.78 is 0.255. The van der Waals surface area contributed by atoms with Gasteiger partial charge in [-0.1, -0.05) is 23.4 Å². The molecule has 3 heteroatoms. The van der Waals surface area contributed by atoms with Gasteiger partial charge in [0.2, 0.25) is 5.12 Å². The lowest BCUT2D eigenvalue weighted by molar-refractivity contribution is 0.0382. The maximum absolute atomic E-state index is 12.6. The quantitative estimate of drug-likeness (QED) is 0.748. The predicted molar refractivity (Wildman–Crippen MR) is 84.3 cm³/mol. The van der Waals surface area contributed by atoms with E-state index < -0.39 is 0 Å². The Bertz CT molecular complexity index is 501. The van der Waals surface area contributed by atoms with Crippen LogP contribution in [0.3, 0.4) is 0 Å². The monoisotopic (exact) mass is 306 g/mol. The van der Waals surface area contributed by atoms with Crippen LogP contribution >= 0.6 is 23.4 Å². The molecule has 1 aromatic rings. The number of hydrogen-bond donors (Lipinski definition) is 0. The summed E-state index contributed by atoms with van der Waals surface area (Å²) in [6.07, 6.45) is 8.08. The summed E-state index contributed by atoms with van der Waals surface area (Å²) in [5, 5.41) is 0.935. The van der Waals surface area contributed by atoms with Crippen molar-refractivity contribution in [2.75, 3.05) is 0 Å². The van der Waals surface area contributed by atoms with Gasteiger partial charge in [0.25, 0.3) is 0 Å². The van der Waals surface area contributed by atoms with Crippen LogP contribution in [0.4, 0.5) is 0 Å². The molecule has 4 aliphatic carbocycles. The van der Waals surface area contributed by atoms with Crippen LogP contribution in [0.25, 0.3) is 0 Å². The van der Waals surface area contributed by atoms with E-state index in [4.69, 9.17) is 11.6 Å². The molecule has 4 fully saturated rings. The Morgan fingerprint density at radius 2 is 1.50 bits per heavy atom. The van der Waals surface area contributed by atoms with Gasteiger partial charge in [-0.15, -0.1) is 0 Å². The molecular weight excluding hydrogens is 288 g/mol. The van der Waals surface area contributed by atoms with E-state index in [-0.39, 0.29) is 9.86 Å². The molecule has 0 aromatic heterocycles. The Kier molecular flexibility index (Phi) is 3.15. The molecule has 0 saturated heterocycles. The van der Waals surface area contributed by atoms with Gasteiger partial charge in [-0.25, -0.2) is 0 Å². The second-order valence-electron chi connectivity index (χ2n) is 7.00. The summed E-state index contributed by atoms with van der Waals surface area (Å²) in [5.74, 6) is 2.69. The van der Waals surface area contributed by atoms with Crippen molar-refractivity contribution < 1.29 is 4.79 Å². The number of halogens is 1. The third-order valence-electron chi connectivity index (χ3n) is 5.37. The lowest BCUT2D eigenvalue weighted by Gasteiger charge is -2.56. The van der Waals surface area contributed by atoms with E-state index in [1.807, 2.05) is 24.3 Å². The SMILES string of the molecule is O=C(SC12CC3CC(CC(C3)C1)C2)c1ccc(Cl)cc1. The second kappa shape index (κ2) is 4.78. The fourth-order valence-corrected chi connectivity index (χ4v) is 6.73. The van der Waals surface area contributed by atoms with E-state index in [1.54, 1.807) is 11.8 Å². The molecule has 0 radical (unpaired) electrons. The first-order chi connectivity index (χ1) is 9.62. The van der Waals surface area contributed by atoms with Gasteiger partial charge in [0.1, 0.15) is 0 Å². The summed E-state index contributed by atoms with van der Waals surface area (Å²) in [6, 6.07) is 7.35. The molecule has 0 unspecified atom stereocenters. The number of hydrogen-bond acceptors (Lipinski definition) is 2. The first-order valence-electron chi connectivity index (χ1n) is 7.61. The average Bonchev–Trinajstić information content (AvgIpc) is 2.37. The van der Waals surface area contributed by atoms with Crippen LogP contribution in [0, 0.1) is 17.8 Å². The molecule has 20 heavy (non-hydrogen) atoms. The van der Waals surface area contributed by atoms with Crippen molar-refractivity contribution >= 4 is 28.5 Å². The van der Waals surface area contributed by atoms with E-state index >= 15 is 0 Å². The average molecular weight is 307 g/mol. The smallest absolute Gasteiger partial charge is 0.219 e. The van der Waals surface area contributed by atoms with Crippen molar-refractivity contribution in [3.05, 3.63) is 34.9 Å². The predicted octanol–water partition coefficient (Wildman–Crippen LogP) is 5.18. The van der Waals surface area contributed by atoms with Gasteiger partial charge in [0.05, 0.1) is 0 Å². The van der Waals surface area contributed by atoms with Crippen molar-refractivity contribution in [2.45, 2.75) is 43.3 Å². The van der Waals surface area contributed by atoms with Crippen LogP contribution in [0.15, 0.2) is 24.3 Å². The zero-order valence-electron chi connectivity index (χ0n) is 11.5. The molecule has 0 atom stereocenters. The Balaban J connectivity index is 1.53. The lowest BCUT2D eigenvalue weighted by atomic mass is 9.56. The van der Waals surface area contributed by atoms with Gasteiger partial charge < -0.3 is 0 Å². The molecule has 0 aliphatic heterocycles. The molecule has 0 amide bonds. The molecule has 1 nitrogen and oxygen atoms in total. The Morgan fingerprint density at radius 3 is 2.00 bits per heavy atom. The zero-order valence-corrected chi connectivity index (χ0v) is 13.1. The van der Waals surface area contributed by atoms with E-state index in [0.29, 0.717) is 5.02 Å². The first-order valence-corrected chi connectivity index (χ1v) is 8.80. The molecule has 0 spiro atoms. The van der Waals surface area contributed by atoms with Crippen molar-refractivity contribution in [1.29, 1.82) is 0 Å². The van der Waals surface area contributed by atoms with Gasteiger partial charge in [0, 0.05) is 15.3 Å². The highest BCUT2D eigenvalue weighted by Crippen LogP contribution is 2.60. The van der Waals surface area contributed by atoms with Crippen LogP contribution in [0.5, 0.6) is 0 Å². The largest absolute Gasteiger partial charge is 0.282 e. The van der Waals surface area contributed by atoms with Gasteiger partial charge in [-0.05, 0) is 80.5 Å². The van der Waals surface area contributed by atoms with Gasteiger partial charge in [-0.3, -0.25) is 4.79 Å². The molecule has 4 saturated carbocycles. The highest BCUT2D eigenvalue weighted by atomic mass is 35.5. The fourth-order valence-electron chi connectivity index (χ4n) is 5.00. The topological polar surface area (TPSA) is 17.1 Å². The summed E-state index contributed by atoms with van der Waals surface area (Å²) >= 11 is 7.53. The minimum absolute atomic E-state index is 0.239. The van der Waals surface area contributed by atoms with Crippen LogP contribution in [-0.4, -0.2) is 9.86 Å². The molecule has 1 aromatic carbocycles.